The van der Waals surface area contributed by atoms with E-state index in [-0.39, 0.29) is 0 Å². The van der Waals surface area contributed by atoms with Crippen LogP contribution in [0.2, 0.25) is 0 Å². The third-order valence-electron chi connectivity index (χ3n) is 2.50. The van der Waals surface area contributed by atoms with E-state index in [1.54, 1.807) is 40.7 Å². The average Bonchev–Trinajstić information content (AvgIpc) is 2.49. The van der Waals surface area contributed by atoms with Crippen molar-refractivity contribution in [3.8, 4) is 0 Å². The molecule has 4 nitrogen and oxygen atoms in total. The molecule has 0 atom stereocenters. The number of aliphatic imine (C=N–C) groups is 1. The van der Waals surface area contributed by atoms with E-state index in [2.05, 4.69) is 62.7 Å². The third-order valence-corrected chi connectivity index (χ3v) is 2.50. The van der Waals surface area contributed by atoms with Crippen molar-refractivity contribution in [1.29, 1.82) is 0 Å². The Kier molecular flexibility index (Phi) is 17.7. The van der Waals surface area contributed by atoms with E-state index in [0.29, 0.717) is 0 Å². The van der Waals surface area contributed by atoms with Gasteiger partial charge in [0.1, 0.15) is 0 Å². The van der Waals surface area contributed by atoms with Crippen molar-refractivity contribution in [3.05, 3.63) is 29.8 Å². The Bertz CT molecular complexity index is 417. The van der Waals surface area contributed by atoms with Crippen LogP contribution in [-0.2, 0) is 32.1 Å². The predicted octanol–water partition coefficient (Wildman–Crippen LogP) is 3.63. The van der Waals surface area contributed by atoms with Gasteiger partial charge in [0.25, 0.3) is 0 Å². The van der Waals surface area contributed by atoms with Gasteiger partial charge in [-0.15, -0.1) is 0 Å². The second-order valence-corrected chi connectivity index (χ2v) is 5.07. The first-order valence-electron chi connectivity index (χ1n) is 6.30. The van der Waals surface area contributed by atoms with Crippen molar-refractivity contribution in [3.63, 3.8) is 0 Å². The first-order chi connectivity index (χ1) is 10.4. The molecule has 0 radical (unpaired) electrons. The van der Waals surface area contributed by atoms with Crippen molar-refractivity contribution >= 4 is 52.3 Å². The molecule has 0 aromatic heterocycles. The molecule has 0 saturated carbocycles. The molecule has 0 spiro atoms. The van der Waals surface area contributed by atoms with E-state index in [4.69, 9.17) is 4.99 Å². The van der Waals surface area contributed by atoms with Crippen molar-refractivity contribution in [2.45, 2.75) is 6.54 Å². The number of nitrogens with zero attached hydrogens (tertiary/aromatic N) is 4. The van der Waals surface area contributed by atoms with Crippen LogP contribution in [0.25, 0.3) is 0 Å². The van der Waals surface area contributed by atoms with Crippen molar-refractivity contribution in [2.24, 2.45) is 4.99 Å². The number of guanidine groups is 1. The first kappa shape index (κ1) is 25.2. The van der Waals surface area contributed by atoms with E-state index < -0.39 is 0 Å². The molecular weight excluding hydrogens is 605 g/mol. The Balaban J connectivity index is 0. The van der Waals surface area contributed by atoms with Gasteiger partial charge in [-0.25, -0.2) is 4.99 Å². The SMILES string of the molecule is CN(C)Cc1ccccc1N=C(N(C)C)N(C)C.[Cu][I].[Cu][I]. The Morgan fingerprint density at radius 2 is 1.36 bits per heavy atom. The topological polar surface area (TPSA) is 22.1 Å². The molecule has 136 valence electrons. The van der Waals surface area contributed by atoms with Crippen LogP contribution >= 0.6 is 40.7 Å². The Morgan fingerprint density at radius 3 is 1.77 bits per heavy atom. The Labute approximate surface area is 174 Å². The Morgan fingerprint density at radius 1 is 0.909 bits per heavy atom. The molecule has 0 saturated heterocycles. The average molecular weight is 629 g/mol. The maximum atomic E-state index is 4.75. The summed E-state index contributed by atoms with van der Waals surface area (Å²) in [4.78, 5) is 10.9. The molecule has 0 amide bonds. The molecule has 0 aliphatic carbocycles. The maximum absolute atomic E-state index is 4.75. The van der Waals surface area contributed by atoms with Crippen molar-refractivity contribution in [1.82, 2.24) is 14.7 Å². The minimum atomic E-state index is 0.897. The molecule has 1 rings (SSSR count). The van der Waals surface area contributed by atoms with Gasteiger partial charge in [0.15, 0.2) is 0 Å². The summed E-state index contributed by atoms with van der Waals surface area (Å²) in [5.41, 5.74) is 2.27. The molecule has 0 N–H and O–H groups in total. The van der Waals surface area contributed by atoms with Gasteiger partial charge in [-0.05, 0) is 25.7 Å². The van der Waals surface area contributed by atoms with E-state index in [1.807, 2.05) is 44.1 Å². The number of benzene rings is 1. The number of hydrogen-bond acceptors (Lipinski definition) is 2. The van der Waals surface area contributed by atoms with Gasteiger partial charge in [0.05, 0.1) is 5.69 Å². The zero-order valence-corrected chi connectivity index (χ0v) is 19.9. The fraction of sp³-hybridized carbons (Fsp3) is 0.500. The number of rotatable bonds is 3. The van der Waals surface area contributed by atoms with Crippen LogP contribution in [0.5, 0.6) is 0 Å². The molecule has 0 unspecified atom stereocenters. The van der Waals surface area contributed by atoms with Crippen LogP contribution in [0, 0.1) is 0 Å². The third kappa shape index (κ3) is 10.7. The monoisotopic (exact) mass is 628 g/mol. The molecule has 22 heavy (non-hydrogen) atoms. The van der Waals surface area contributed by atoms with Crippen LogP contribution in [0.1, 0.15) is 5.56 Å². The fourth-order valence-corrected chi connectivity index (χ4v) is 1.80. The van der Waals surface area contributed by atoms with Crippen LogP contribution in [0.4, 0.5) is 5.69 Å². The molecule has 1 aromatic carbocycles. The summed E-state index contributed by atoms with van der Waals surface area (Å²) in [6.07, 6.45) is 0. The molecular formula is C14H24Cu2I2N4. The molecule has 1 aromatic rings. The van der Waals surface area contributed by atoms with Gasteiger partial charge in [0, 0.05) is 34.7 Å². The number of para-hydroxylation sites is 1. The summed E-state index contributed by atoms with van der Waals surface area (Å²) >= 11 is 11.7. The Hall–Kier alpha value is 0.949. The molecule has 0 aliphatic rings. The van der Waals surface area contributed by atoms with Crippen LogP contribution in [-0.4, -0.2) is 62.9 Å². The quantitative estimate of drug-likeness (QED) is 0.221. The predicted molar refractivity (Wildman–Crippen MR) is 106 cm³/mol. The summed E-state index contributed by atoms with van der Waals surface area (Å²) < 4.78 is 0. The zero-order valence-electron chi connectivity index (χ0n) is 13.7. The summed E-state index contributed by atoms with van der Waals surface area (Å²) in [6, 6.07) is 8.28. The molecule has 8 heteroatoms. The van der Waals surface area contributed by atoms with E-state index in [9.17, 15) is 0 Å². The van der Waals surface area contributed by atoms with Gasteiger partial charge in [0.2, 0.25) is 5.96 Å². The van der Waals surface area contributed by atoms with Crippen molar-refractivity contribution < 1.29 is 25.5 Å². The number of halogens is 2. The molecule has 0 aliphatic heterocycles. The van der Waals surface area contributed by atoms with Gasteiger partial charge < -0.3 is 14.7 Å². The van der Waals surface area contributed by atoms with Crippen molar-refractivity contribution in [2.75, 3.05) is 42.3 Å². The first-order valence-corrected chi connectivity index (χ1v) is 12.4. The summed E-state index contributed by atoms with van der Waals surface area (Å²) in [5, 5.41) is 0. The van der Waals surface area contributed by atoms with Crippen LogP contribution in [0.15, 0.2) is 29.3 Å². The summed E-state index contributed by atoms with van der Waals surface area (Å²) in [6.45, 7) is 0.897. The van der Waals surface area contributed by atoms with Gasteiger partial charge in [-0.3, -0.25) is 0 Å². The summed E-state index contributed by atoms with van der Waals surface area (Å²) in [7, 11) is 12.2. The van der Waals surface area contributed by atoms with Gasteiger partial charge in [-0.2, -0.15) is 0 Å². The fourth-order valence-electron chi connectivity index (χ4n) is 1.80. The van der Waals surface area contributed by atoms with E-state index in [1.165, 1.54) is 5.56 Å². The van der Waals surface area contributed by atoms with Gasteiger partial charge >= 0.3 is 66.2 Å². The standard InChI is InChI=1S/C14H24N4.2Cu.2HI/c1-16(2)11-12-9-7-8-10-13(12)15-14(17(3)4)18(5)6;;;;/h7-10H,11H2,1-6H3;;;2*1H/q;2*+1;;/p-2. The van der Waals surface area contributed by atoms with E-state index in [0.717, 1.165) is 18.2 Å². The number of hydrogen-bond donors (Lipinski definition) is 0. The molecule has 0 fully saturated rings. The minimum absolute atomic E-state index is 0.897. The molecule has 0 bridgehead atoms. The van der Waals surface area contributed by atoms with E-state index >= 15 is 0 Å². The molecule has 0 heterocycles. The second-order valence-electron chi connectivity index (χ2n) is 5.07. The van der Waals surface area contributed by atoms with Crippen LogP contribution in [0.3, 0.4) is 0 Å². The normalized spacial score (nSPS) is 9.14. The van der Waals surface area contributed by atoms with Gasteiger partial charge in [-0.1, -0.05) is 18.2 Å². The van der Waals surface area contributed by atoms with Crippen LogP contribution < -0.4 is 0 Å². The summed E-state index contributed by atoms with van der Waals surface area (Å²) in [5.74, 6) is 0.946. The second kappa shape index (κ2) is 15.5. The zero-order chi connectivity index (χ0) is 17.7.